The first-order valence-corrected chi connectivity index (χ1v) is 10.7. The van der Waals surface area contributed by atoms with Gasteiger partial charge in [-0.3, -0.25) is 0 Å². The second-order valence-electron chi connectivity index (χ2n) is 6.63. The fourth-order valence-electron chi connectivity index (χ4n) is 2.96. The van der Waals surface area contributed by atoms with Crippen LogP contribution in [-0.2, 0) is 23.2 Å². The molecule has 0 aliphatic carbocycles. The van der Waals surface area contributed by atoms with Gasteiger partial charge in [-0.25, -0.2) is 8.42 Å². The average Bonchev–Trinajstić information content (AvgIpc) is 2.78. The highest BCUT2D eigenvalue weighted by molar-refractivity contribution is 7.89. The van der Waals surface area contributed by atoms with E-state index in [2.05, 4.69) is 0 Å². The summed E-state index contributed by atoms with van der Waals surface area (Å²) in [4.78, 5) is -0.00946. The van der Waals surface area contributed by atoms with E-state index in [0.29, 0.717) is 18.1 Å². The summed E-state index contributed by atoms with van der Waals surface area (Å²) in [5, 5.41) is 9.22. The van der Waals surface area contributed by atoms with Gasteiger partial charge in [0.1, 0.15) is 12.7 Å². The van der Waals surface area contributed by atoms with E-state index in [0.717, 1.165) is 11.1 Å². The number of benzene rings is 3. The van der Waals surface area contributed by atoms with Gasteiger partial charge in [0.2, 0.25) is 10.0 Å². The van der Waals surface area contributed by atoms with E-state index in [9.17, 15) is 13.7 Å². The van der Waals surface area contributed by atoms with Gasteiger partial charge in [-0.2, -0.15) is 9.57 Å². The molecule has 0 bridgehead atoms. The Labute approximate surface area is 177 Å². The number of methoxy groups -OCH3 is 1. The molecule has 3 aromatic rings. The smallest absolute Gasteiger partial charge is 0.244 e. The number of nitrogens with zero attached hydrogens (tertiary/aromatic N) is 2. The summed E-state index contributed by atoms with van der Waals surface area (Å²) in [5.74, 6) is 1.09. The van der Waals surface area contributed by atoms with E-state index in [-0.39, 0.29) is 17.0 Å². The zero-order valence-corrected chi connectivity index (χ0v) is 17.6. The lowest BCUT2D eigenvalue weighted by molar-refractivity contribution is 0.284. The predicted molar refractivity (Wildman–Crippen MR) is 114 cm³/mol. The second-order valence-corrected chi connectivity index (χ2v) is 8.64. The van der Waals surface area contributed by atoms with E-state index in [1.165, 1.54) is 30.6 Å². The first-order chi connectivity index (χ1) is 14.5. The van der Waals surface area contributed by atoms with Crippen LogP contribution in [0.4, 0.5) is 0 Å². The SMILES string of the molecule is COc1cc(CN(C)S(=O)(=O)c2ccccc2C#N)ccc1OCc1ccccc1. The molecule has 0 unspecified atom stereocenters. The van der Waals surface area contributed by atoms with Gasteiger partial charge in [0.05, 0.1) is 17.6 Å². The minimum Gasteiger partial charge on any atom is -0.493 e. The number of rotatable bonds is 8. The third-order valence-electron chi connectivity index (χ3n) is 4.57. The van der Waals surface area contributed by atoms with Crippen LogP contribution in [0.3, 0.4) is 0 Å². The zero-order valence-electron chi connectivity index (χ0n) is 16.8. The van der Waals surface area contributed by atoms with E-state index >= 15 is 0 Å². The van der Waals surface area contributed by atoms with E-state index in [1.807, 2.05) is 36.4 Å². The van der Waals surface area contributed by atoms with Crippen molar-refractivity contribution in [2.75, 3.05) is 14.2 Å². The molecule has 0 N–H and O–H groups in total. The molecule has 7 heteroatoms. The highest BCUT2D eigenvalue weighted by atomic mass is 32.2. The van der Waals surface area contributed by atoms with Crippen molar-refractivity contribution in [1.29, 1.82) is 5.26 Å². The van der Waals surface area contributed by atoms with Gasteiger partial charge in [0, 0.05) is 13.6 Å². The average molecular weight is 423 g/mol. The Hall–Kier alpha value is -3.34. The quantitative estimate of drug-likeness (QED) is 0.549. The Morgan fingerprint density at radius 2 is 1.63 bits per heavy atom. The van der Waals surface area contributed by atoms with E-state index in [4.69, 9.17) is 9.47 Å². The molecule has 154 valence electrons. The van der Waals surface area contributed by atoms with Crippen molar-refractivity contribution in [3.63, 3.8) is 0 Å². The van der Waals surface area contributed by atoms with Crippen molar-refractivity contribution in [1.82, 2.24) is 4.31 Å². The van der Waals surface area contributed by atoms with Crippen molar-refractivity contribution in [3.8, 4) is 17.6 Å². The number of ether oxygens (including phenoxy) is 2. The lowest BCUT2D eigenvalue weighted by atomic mass is 10.2. The Kier molecular flexibility index (Phi) is 6.72. The van der Waals surface area contributed by atoms with Crippen LogP contribution in [0.1, 0.15) is 16.7 Å². The van der Waals surface area contributed by atoms with Gasteiger partial charge in [-0.1, -0.05) is 48.5 Å². The van der Waals surface area contributed by atoms with Gasteiger partial charge in [-0.05, 0) is 35.4 Å². The van der Waals surface area contributed by atoms with Crippen LogP contribution in [0.5, 0.6) is 11.5 Å². The first kappa shape index (κ1) is 21.4. The molecule has 0 aromatic heterocycles. The van der Waals surface area contributed by atoms with Gasteiger partial charge in [0.25, 0.3) is 0 Å². The third kappa shape index (κ3) is 4.79. The van der Waals surface area contributed by atoms with Crippen molar-refractivity contribution < 1.29 is 17.9 Å². The molecular formula is C23H22N2O4S. The third-order valence-corrected chi connectivity index (χ3v) is 6.43. The Morgan fingerprint density at radius 1 is 0.933 bits per heavy atom. The number of nitriles is 1. The normalized spacial score (nSPS) is 11.1. The molecule has 0 aliphatic heterocycles. The Balaban J connectivity index is 1.77. The second kappa shape index (κ2) is 9.44. The topological polar surface area (TPSA) is 79.6 Å². The van der Waals surface area contributed by atoms with E-state index < -0.39 is 10.0 Å². The molecular weight excluding hydrogens is 400 g/mol. The fraction of sp³-hybridized carbons (Fsp3) is 0.174. The minimum absolute atomic E-state index is 0.00946. The van der Waals surface area contributed by atoms with Crippen LogP contribution >= 0.6 is 0 Å². The molecule has 0 amide bonds. The number of sulfonamides is 1. The Morgan fingerprint density at radius 3 is 2.33 bits per heavy atom. The van der Waals surface area contributed by atoms with Crippen LogP contribution < -0.4 is 9.47 Å². The van der Waals surface area contributed by atoms with Gasteiger partial charge in [0.15, 0.2) is 11.5 Å². The van der Waals surface area contributed by atoms with Crippen molar-refractivity contribution in [2.24, 2.45) is 0 Å². The molecule has 0 fully saturated rings. The molecule has 0 radical (unpaired) electrons. The van der Waals surface area contributed by atoms with Gasteiger partial charge in [-0.15, -0.1) is 0 Å². The maximum atomic E-state index is 12.9. The summed E-state index contributed by atoms with van der Waals surface area (Å²) >= 11 is 0. The minimum atomic E-state index is -3.82. The van der Waals surface area contributed by atoms with Crippen molar-refractivity contribution in [3.05, 3.63) is 89.5 Å². The molecule has 3 rings (SSSR count). The first-order valence-electron chi connectivity index (χ1n) is 9.25. The highest BCUT2D eigenvalue weighted by Gasteiger charge is 2.24. The zero-order chi connectivity index (χ0) is 21.6. The molecule has 0 spiro atoms. The maximum Gasteiger partial charge on any atom is 0.244 e. The van der Waals surface area contributed by atoms with Gasteiger partial charge < -0.3 is 9.47 Å². The molecule has 0 atom stereocenters. The standard InChI is InChI=1S/C23H22N2O4S/c1-25(30(26,27)23-11-7-6-10-20(23)15-24)16-19-12-13-21(22(14-19)28-2)29-17-18-8-4-3-5-9-18/h3-14H,16-17H2,1-2H3. The molecule has 0 saturated heterocycles. The Bertz CT molecular complexity index is 1160. The summed E-state index contributed by atoms with van der Waals surface area (Å²) in [6.07, 6.45) is 0. The predicted octanol–water partition coefficient (Wildman–Crippen LogP) is 3.97. The van der Waals surface area contributed by atoms with E-state index in [1.54, 1.807) is 30.3 Å². The summed E-state index contributed by atoms with van der Waals surface area (Å²) in [6, 6.07) is 23.2. The van der Waals surface area contributed by atoms with Crippen LogP contribution in [0.2, 0.25) is 0 Å². The fourth-order valence-corrected chi connectivity index (χ4v) is 4.26. The number of hydrogen-bond donors (Lipinski definition) is 0. The molecule has 0 aliphatic rings. The maximum absolute atomic E-state index is 12.9. The molecule has 0 saturated carbocycles. The number of hydrogen-bond acceptors (Lipinski definition) is 5. The van der Waals surface area contributed by atoms with Crippen LogP contribution in [0.25, 0.3) is 0 Å². The monoisotopic (exact) mass is 422 g/mol. The lowest BCUT2D eigenvalue weighted by Crippen LogP contribution is -2.27. The summed E-state index contributed by atoms with van der Waals surface area (Å²) in [5.41, 5.74) is 1.89. The van der Waals surface area contributed by atoms with Crippen molar-refractivity contribution in [2.45, 2.75) is 18.0 Å². The lowest BCUT2D eigenvalue weighted by Gasteiger charge is -2.19. The highest BCUT2D eigenvalue weighted by Crippen LogP contribution is 2.30. The summed E-state index contributed by atoms with van der Waals surface area (Å²) in [6.45, 7) is 0.521. The molecule has 6 nitrogen and oxygen atoms in total. The molecule has 30 heavy (non-hydrogen) atoms. The molecule has 0 heterocycles. The van der Waals surface area contributed by atoms with Crippen molar-refractivity contribution >= 4 is 10.0 Å². The van der Waals surface area contributed by atoms with Crippen LogP contribution in [-0.4, -0.2) is 26.9 Å². The van der Waals surface area contributed by atoms with Crippen LogP contribution in [0.15, 0.2) is 77.7 Å². The summed E-state index contributed by atoms with van der Waals surface area (Å²) in [7, 11) is -0.795. The van der Waals surface area contributed by atoms with Crippen LogP contribution in [0, 0.1) is 11.3 Å². The van der Waals surface area contributed by atoms with Gasteiger partial charge >= 0.3 is 0 Å². The largest absolute Gasteiger partial charge is 0.493 e. The molecule has 3 aromatic carbocycles. The summed E-state index contributed by atoms with van der Waals surface area (Å²) < 4.78 is 38.3.